The second-order valence-corrected chi connectivity index (χ2v) is 5.18. The third-order valence-electron chi connectivity index (χ3n) is 2.57. The highest BCUT2D eigenvalue weighted by Gasteiger charge is 2.12. The van der Waals surface area contributed by atoms with Crippen molar-refractivity contribution in [3.63, 3.8) is 0 Å². The zero-order valence-corrected chi connectivity index (χ0v) is 10.6. The van der Waals surface area contributed by atoms with Gasteiger partial charge in [0.1, 0.15) is 5.75 Å². The minimum absolute atomic E-state index is 0.0551. The molecular formula is C14H12O3S. The summed E-state index contributed by atoms with van der Waals surface area (Å²) in [5.41, 5.74) is 0.986. The second-order valence-electron chi connectivity index (χ2n) is 3.83. The van der Waals surface area contributed by atoms with Crippen LogP contribution in [0, 0.1) is 0 Å². The fourth-order valence-electron chi connectivity index (χ4n) is 1.64. The molecule has 92 valence electrons. The average Bonchev–Trinajstić information content (AvgIpc) is 2.39. The predicted octanol–water partition coefficient (Wildman–Crippen LogP) is 2.36. The molecule has 0 bridgehead atoms. The fourth-order valence-corrected chi connectivity index (χ4v) is 2.30. The Balaban J connectivity index is 2.44. The molecule has 1 N–H and O–H groups in total. The van der Waals surface area contributed by atoms with Crippen molar-refractivity contribution in [2.75, 3.05) is 6.26 Å². The van der Waals surface area contributed by atoms with Crippen LogP contribution in [0.2, 0.25) is 0 Å². The molecule has 1 unspecified atom stereocenters. The zero-order valence-electron chi connectivity index (χ0n) is 9.79. The minimum Gasteiger partial charge on any atom is -0.507 e. The van der Waals surface area contributed by atoms with Gasteiger partial charge in [0.15, 0.2) is 5.78 Å². The Morgan fingerprint density at radius 3 is 2.33 bits per heavy atom. The highest BCUT2D eigenvalue weighted by Crippen LogP contribution is 2.22. The van der Waals surface area contributed by atoms with Crippen molar-refractivity contribution in [1.29, 1.82) is 0 Å². The summed E-state index contributed by atoms with van der Waals surface area (Å²) in [5.74, 6) is -0.206. The Kier molecular flexibility index (Phi) is 3.58. The van der Waals surface area contributed by atoms with Gasteiger partial charge in [0.2, 0.25) is 0 Å². The number of benzene rings is 2. The van der Waals surface area contributed by atoms with E-state index in [1.165, 1.54) is 24.5 Å². The van der Waals surface area contributed by atoms with E-state index in [1.54, 1.807) is 24.3 Å². The molecule has 2 aromatic carbocycles. The van der Waals surface area contributed by atoms with E-state index in [0.29, 0.717) is 11.1 Å². The molecular weight excluding hydrogens is 248 g/mol. The van der Waals surface area contributed by atoms with E-state index in [0.717, 1.165) is 0 Å². The van der Waals surface area contributed by atoms with Gasteiger partial charge in [-0.05, 0) is 18.2 Å². The Morgan fingerprint density at radius 2 is 1.72 bits per heavy atom. The maximum Gasteiger partial charge on any atom is 0.193 e. The Labute approximate surface area is 108 Å². The van der Waals surface area contributed by atoms with Crippen LogP contribution in [0.1, 0.15) is 15.9 Å². The normalized spacial score (nSPS) is 12.1. The van der Waals surface area contributed by atoms with Gasteiger partial charge in [-0.1, -0.05) is 30.3 Å². The third-order valence-corrected chi connectivity index (χ3v) is 3.51. The number of carbonyl (C=O) groups excluding carboxylic acids is 1. The average molecular weight is 260 g/mol. The van der Waals surface area contributed by atoms with Crippen molar-refractivity contribution in [2.45, 2.75) is 4.90 Å². The van der Waals surface area contributed by atoms with Crippen LogP contribution in [0.5, 0.6) is 5.75 Å². The maximum atomic E-state index is 12.2. The van der Waals surface area contributed by atoms with E-state index in [4.69, 9.17) is 0 Å². The zero-order chi connectivity index (χ0) is 13.1. The molecule has 2 rings (SSSR count). The molecule has 0 radical (unpaired) electrons. The molecule has 18 heavy (non-hydrogen) atoms. The summed E-state index contributed by atoms with van der Waals surface area (Å²) in [6, 6.07) is 13.2. The summed E-state index contributed by atoms with van der Waals surface area (Å²) in [6.07, 6.45) is 1.46. The highest BCUT2D eigenvalue weighted by molar-refractivity contribution is 7.84. The molecule has 0 aliphatic heterocycles. The Bertz CT molecular complexity index is 606. The lowest BCUT2D eigenvalue weighted by Gasteiger charge is -2.05. The van der Waals surface area contributed by atoms with Crippen LogP contribution in [-0.2, 0) is 10.8 Å². The molecule has 1 atom stereocenters. The summed E-state index contributed by atoms with van der Waals surface area (Å²) in [5, 5.41) is 9.55. The monoisotopic (exact) mass is 260 g/mol. The summed E-state index contributed by atoms with van der Waals surface area (Å²) in [6.45, 7) is 0. The van der Waals surface area contributed by atoms with Crippen molar-refractivity contribution in [3.05, 3.63) is 59.7 Å². The van der Waals surface area contributed by atoms with Crippen molar-refractivity contribution in [3.8, 4) is 5.75 Å². The molecule has 0 aliphatic rings. The van der Waals surface area contributed by atoms with Gasteiger partial charge in [-0.25, -0.2) is 0 Å². The van der Waals surface area contributed by atoms with Gasteiger partial charge in [0.05, 0.1) is 15.7 Å². The van der Waals surface area contributed by atoms with E-state index in [9.17, 15) is 14.1 Å². The van der Waals surface area contributed by atoms with E-state index < -0.39 is 10.8 Å². The number of hydrogen-bond donors (Lipinski definition) is 1. The van der Waals surface area contributed by atoms with Gasteiger partial charge in [-0.2, -0.15) is 0 Å². The topological polar surface area (TPSA) is 54.4 Å². The molecule has 4 heteroatoms. The van der Waals surface area contributed by atoms with Crippen LogP contribution in [0.3, 0.4) is 0 Å². The first-order valence-electron chi connectivity index (χ1n) is 5.36. The van der Waals surface area contributed by atoms with Gasteiger partial charge in [0.25, 0.3) is 0 Å². The van der Waals surface area contributed by atoms with E-state index in [-0.39, 0.29) is 16.4 Å². The molecule has 0 saturated heterocycles. The first-order chi connectivity index (χ1) is 8.59. The molecule has 0 aromatic heterocycles. The van der Waals surface area contributed by atoms with Gasteiger partial charge in [-0.15, -0.1) is 0 Å². The number of phenolic OH excluding ortho intramolecular Hbond substituents is 1. The summed E-state index contributed by atoms with van der Waals surface area (Å²) < 4.78 is 11.4. The molecule has 0 amide bonds. The number of hydrogen-bond acceptors (Lipinski definition) is 3. The summed E-state index contributed by atoms with van der Waals surface area (Å²) in [7, 11) is -1.33. The van der Waals surface area contributed by atoms with Crippen LogP contribution in [0.25, 0.3) is 0 Å². The van der Waals surface area contributed by atoms with Gasteiger partial charge in [0, 0.05) is 17.4 Å². The predicted molar refractivity (Wildman–Crippen MR) is 70.3 cm³/mol. The standard InChI is InChI=1S/C14H12O3S/c1-18(17)13-9-11(7-8-12(13)15)14(16)10-5-3-2-4-6-10/h2-9,15H,1H3. The highest BCUT2D eigenvalue weighted by atomic mass is 32.2. The lowest BCUT2D eigenvalue weighted by Crippen LogP contribution is -2.02. The SMILES string of the molecule is CS(=O)c1cc(C(=O)c2ccccc2)ccc1O. The molecule has 2 aromatic rings. The lowest BCUT2D eigenvalue weighted by atomic mass is 10.0. The summed E-state index contributed by atoms with van der Waals surface area (Å²) >= 11 is 0. The molecule has 0 aliphatic carbocycles. The number of ketones is 1. The largest absolute Gasteiger partial charge is 0.507 e. The quantitative estimate of drug-likeness (QED) is 0.862. The molecule has 0 heterocycles. The van der Waals surface area contributed by atoms with Crippen molar-refractivity contribution < 1.29 is 14.1 Å². The van der Waals surface area contributed by atoms with Gasteiger partial charge in [-0.3, -0.25) is 9.00 Å². The van der Waals surface area contributed by atoms with Crippen LogP contribution < -0.4 is 0 Å². The van der Waals surface area contributed by atoms with E-state index in [1.807, 2.05) is 6.07 Å². The van der Waals surface area contributed by atoms with Gasteiger partial charge < -0.3 is 5.11 Å². The van der Waals surface area contributed by atoms with Crippen molar-refractivity contribution in [1.82, 2.24) is 0 Å². The van der Waals surface area contributed by atoms with Crippen molar-refractivity contribution >= 4 is 16.6 Å². The third kappa shape index (κ3) is 2.49. The minimum atomic E-state index is -1.33. The molecule has 0 saturated carbocycles. The number of carbonyl (C=O) groups is 1. The number of phenols is 1. The van der Waals surface area contributed by atoms with Crippen LogP contribution in [0.15, 0.2) is 53.4 Å². The molecule has 3 nitrogen and oxygen atoms in total. The Hall–Kier alpha value is -1.94. The maximum absolute atomic E-state index is 12.2. The van der Waals surface area contributed by atoms with E-state index in [2.05, 4.69) is 0 Å². The van der Waals surface area contributed by atoms with Crippen LogP contribution in [0.4, 0.5) is 0 Å². The smallest absolute Gasteiger partial charge is 0.193 e. The lowest BCUT2D eigenvalue weighted by molar-refractivity contribution is 0.103. The fraction of sp³-hybridized carbons (Fsp3) is 0.0714. The second kappa shape index (κ2) is 5.14. The first kappa shape index (κ1) is 12.5. The van der Waals surface area contributed by atoms with E-state index >= 15 is 0 Å². The summed E-state index contributed by atoms with van der Waals surface area (Å²) in [4.78, 5) is 12.4. The number of rotatable bonds is 3. The van der Waals surface area contributed by atoms with Crippen LogP contribution in [-0.4, -0.2) is 21.4 Å². The Morgan fingerprint density at radius 1 is 1.06 bits per heavy atom. The first-order valence-corrected chi connectivity index (χ1v) is 6.91. The van der Waals surface area contributed by atoms with Gasteiger partial charge >= 0.3 is 0 Å². The molecule has 0 fully saturated rings. The van der Waals surface area contributed by atoms with Crippen molar-refractivity contribution in [2.24, 2.45) is 0 Å². The van der Waals surface area contributed by atoms with Crippen LogP contribution >= 0.6 is 0 Å². The number of aromatic hydroxyl groups is 1. The molecule has 0 spiro atoms.